The van der Waals surface area contributed by atoms with Crippen LogP contribution in [0.25, 0.3) is 54.9 Å². The summed E-state index contributed by atoms with van der Waals surface area (Å²) >= 11 is 1.69. The highest BCUT2D eigenvalue weighted by Gasteiger charge is 2.15. The van der Waals surface area contributed by atoms with Crippen LogP contribution in [0.2, 0.25) is 0 Å². The van der Waals surface area contributed by atoms with Crippen LogP contribution in [0, 0.1) is 0 Å². The minimum absolute atomic E-state index is 0.500. The van der Waals surface area contributed by atoms with E-state index in [2.05, 4.69) is 73.0 Å². The van der Waals surface area contributed by atoms with Crippen LogP contribution < -0.4 is 4.74 Å². The van der Waals surface area contributed by atoms with E-state index >= 15 is 0 Å². The van der Waals surface area contributed by atoms with Crippen molar-refractivity contribution in [2.75, 3.05) is 0 Å². The highest BCUT2D eigenvalue weighted by molar-refractivity contribution is 7.13. The lowest BCUT2D eigenvalue weighted by atomic mass is 10.0. The number of benzene rings is 2. The number of hydrogen-bond acceptors (Lipinski definition) is 5. The number of hydrogen-bond donors (Lipinski definition) is 2. The topological polar surface area (TPSA) is 79.5 Å². The van der Waals surface area contributed by atoms with Gasteiger partial charge in [0, 0.05) is 34.2 Å². The van der Waals surface area contributed by atoms with Gasteiger partial charge in [-0.3, -0.25) is 15.1 Å². The van der Waals surface area contributed by atoms with Gasteiger partial charge < -0.3 is 9.72 Å². The highest BCUT2D eigenvalue weighted by Crippen LogP contribution is 2.35. The van der Waals surface area contributed by atoms with Gasteiger partial charge in [-0.25, -0.2) is 0 Å². The Kier molecular flexibility index (Phi) is 5.26. The number of nitrogens with zero attached hydrogens (tertiary/aromatic N) is 3. The van der Waals surface area contributed by atoms with Gasteiger partial charge in [0.25, 0.3) is 0 Å². The van der Waals surface area contributed by atoms with E-state index in [-0.39, 0.29) is 0 Å². The van der Waals surface area contributed by atoms with E-state index in [1.54, 1.807) is 17.5 Å². The molecule has 7 rings (SSSR count). The van der Waals surface area contributed by atoms with E-state index in [9.17, 15) is 0 Å². The molecule has 0 saturated heterocycles. The zero-order chi connectivity index (χ0) is 24.6. The Hall–Kier alpha value is -4.75. The van der Waals surface area contributed by atoms with Crippen molar-refractivity contribution in [3.05, 3.63) is 108 Å². The Balaban J connectivity index is 1.24. The van der Waals surface area contributed by atoms with Crippen LogP contribution in [0.15, 0.2) is 103 Å². The van der Waals surface area contributed by atoms with E-state index in [0.29, 0.717) is 6.61 Å². The molecule has 5 heterocycles. The van der Waals surface area contributed by atoms with Gasteiger partial charge in [-0.15, -0.1) is 11.3 Å². The normalized spacial score (nSPS) is 11.4. The SMILES string of the molecule is c1ccc(COc2cncc(-c3ccc4[nH]nc(-c5cc6c(-c7cccs7)nccc6[nH]5)c4c3)c2)cc1. The second-order valence-corrected chi connectivity index (χ2v) is 9.74. The summed E-state index contributed by atoms with van der Waals surface area (Å²) in [4.78, 5) is 13.8. The molecule has 0 aliphatic carbocycles. The second kappa shape index (κ2) is 9.04. The Morgan fingerprint density at radius 3 is 2.59 bits per heavy atom. The Labute approximate surface area is 216 Å². The molecular formula is C30H21N5OS. The molecule has 0 radical (unpaired) electrons. The molecule has 0 saturated carbocycles. The number of ether oxygens (including phenoxy) is 1. The fraction of sp³-hybridized carbons (Fsp3) is 0.0333. The zero-order valence-corrected chi connectivity index (χ0v) is 20.5. The van der Waals surface area contributed by atoms with Gasteiger partial charge in [0.1, 0.15) is 18.1 Å². The van der Waals surface area contributed by atoms with Gasteiger partial charge in [-0.2, -0.15) is 5.10 Å². The van der Waals surface area contributed by atoms with E-state index in [1.165, 1.54) is 0 Å². The van der Waals surface area contributed by atoms with Gasteiger partial charge in [0.2, 0.25) is 0 Å². The molecule has 0 bridgehead atoms. The van der Waals surface area contributed by atoms with Crippen LogP contribution >= 0.6 is 11.3 Å². The second-order valence-electron chi connectivity index (χ2n) is 8.80. The summed E-state index contributed by atoms with van der Waals surface area (Å²) in [6, 6.07) is 26.7. The number of rotatable bonds is 6. The Bertz CT molecular complexity index is 1840. The number of aromatic amines is 2. The first kappa shape index (κ1) is 21.5. The van der Waals surface area contributed by atoms with Gasteiger partial charge in [0.05, 0.1) is 28.0 Å². The van der Waals surface area contributed by atoms with Crippen molar-refractivity contribution in [1.82, 2.24) is 25.1 Å². The molecule has 0 amide bonds. The van der Waals surface area contributed by atoms with E-state index in [0.717, 1.165) is 66.2 Å². The molecule has 7 heteroatoms. The van der Waals surface area contributed by atoms with Gasteiger partial charge >= 0.3 is 0 Å². The van der Waals surface area contributed by atoms with E-state index in [1.807, 2.05) is 48.8 Å². The number of nitrogens with one attached hydrogen (secondary N) is 2. The number of fused-ring (bicyclic) bond motifs is 2. The number of aromatic nitrogens is 5. The quantitative estimate of drug-likeness (QED) is 0.249. The molecule has 7 aromatic rings. The van der Waals surface area contributed by atoms with Crippen LogP contribution in [0.1, 0.15) is 5.56 Å². The molecule has 5 aromatic heterocycles. The summed E-state index contributed by atoms with van der Waals surface area (Å²) in [5, 5.41) is 12.0. The van der Waals surface area contributed by atoms with Crippen LogP contribution in [-0.4, -0.2) is 25.1 Å². The Morgan fingerprint density at radius 2 is 1.70 bits per heavy atom. The fourth-order valence-corrected chi connectivity index (χ4v) is 5.32. The average molecular weight is 500 g/mol. The zero-order valence-electron chi connectivity index (χ0n) is 19.7. The Morgan fingerprint density at radius 1 is 0.784 bits per heavy atom. The summed E-state index contributed by atoms with van der Waals surface area (Å²) in [6.45, 7) is 0.500. The maximum atomic E-state index is 6.00. The third kappa shape index (κ3) is 4.05. The molecular weight excluding hydrogens is 478 g/mol. The van der Waals surface area contributed by atoms with Crippen molar-refractivity contribution >= 4 is 33.1 Å². The van der Waals surface area contributed by atoms with Gasteiger partial charge in [-0.05, 0) is 52.9 Å². The first-order valence-corrected chi connectivity index (χ1v) is 12.8. The number of H-pyrrole nitrogens is 2. The standard InChI is InChI=1S/C30H21N5OS/c1-2-5-19(6-3-1)18-36-22-13-21(16-31-17-22)20-8-9-26-23(14-20)29(35-34-26)27-15-24-25(33-27)10-11-32-30(24)28-7-4-12-37-28/h1-17,33H,18H2,(H,34,35). The van der Waals surface area contributed by atoms with Crippen LogP contribution in [-0.2, 0) is 6.61 Å². The minimum atomic E-state index is 0.500. The first-order valence-electron chi connectivity index (χ1n) is 11.9. The van der Waals surface area contributed by atoms with Crippen molar-refractivity contribution in [1.29, 1.82) is 0 Å². The number of pyridine rings is 2. The highest BCUT2D eigenvalue weighted by atomic mass is 32.1. The van der Waals surface area contributed by atoms with Gasteiger partial charge in [0.15, 0.2) is 0 Å². The first-order chi connectivity index (χ1) is 18.3. The fourth-order valence-electron chi connectivity index (χ4n) is 4.59. The maximum Gasteiger partial charge on any atom is 0.138 e. The summed E-state index contributed by atoms with van der Waals surface area (Å²) in [5.74, 6) is 0.734. The van der Waals surface area contributed by atoms with Crippen molar-refractivity contribution in [3.8, 4) is 38.8 Å². The lowest BCUT2D eigenvalue weighted by Gasteiger charge is -2.08. The summed E-state index contributed by atoms with van der Waals surface area (Å²) < 4.78 is 6.00. The monoisotopic (exact) mass is 499 g/mol. The predicted molar refractivity (Wildman–Crippen MR) is 148 cm³/mol. The summed E-state index contributed by atoms with van der Waals surface area (Å²) in [5.41, 5.74) is 7.95. The molecule has 0 atom stereocenters. The van der Waals surface area contributed by atoms with Crippen LogP contribution in [0.5, 0.6) is 5.75 Å². The third-order valence-corrected chi connectivity index (χ3v) is 7.29. The molecule has 0 aliphatic rings. The molecule has 2 N–H and O–H groups in total. The van der Waals surface area contributed by atoms with E-state index in [4.69, 9.17) is 4.74 Å². The van der Waals surface area contributed by atoms with Crippen molar-refractivity contribution < 1.29 is 4.74 Å². The summed E-state index contributed by atoms with van der Waals surface area (Å²) in [6.07, 6.45) is 5.45. The maximum absolute atomic E-state index is 6.00. The van der Waals surface area contributed by atoms with Gasteiger partial charge in [-0.1, -0.05) is 42.5 Å². The lowest BCUT2D eigenvalue weighted by Crippen LogP contribution is -1.95. The molecule has 0 unspecified atom stereocenters. The molecule has 0 fully saturated rings. The van der Waals surface area contributed by atoms with Crippen molar-refractivity contribution in [2.45, 2.75) is 6.61 Å². The van der Waals surface area contributed by atoms with Crippen LogP contribution in [0.3, 0.4) is 0 Å². The molecule has 0 aliphatic heterocycles. The smallest absolute Gasteiger partial charge is 0.138 e. The predicted octanol–water partition coefficient (Wildman–Crippen LogP) is 7.48. The van der Waals surface area contributed by atoms with Crippen molar-refractivity contribution in [3.63, 3.8) is 0 Å². The number of thiophene rings is 1. The minimum Gasteiger partial charge on any atom is -0.487 e. The molecule has 37 heavy (non-hydrogen) atoms. The van der Waals surface area contributed by atoms with E-state index < -0.39 is 0 Å². The molecule has 0 spiro atoms. The average Bonchev–Trinajstić information content (AvgIpc) is 3.71. The lowest BCUT2D eigenvalue weighted by molar-refractivity contribution is 0.305. The summed E-state index contributed by atoms with van der Waals surface area (Å²) in [7, 11) is 0. The third-order valence-electron chi connectivity index (χ3n) is 6.42. The van der Waals surface area contributed by atoms with Crippen molar-refractivity contribution in [2.24, 2.45) is 0 Å². The molecule has 6 nitrogen and oxygen atoms in total. The molecule has 2 aromatic carbocycles. The largest absolute Gasteiger partial charge is 0.487 e. The molecule has 178 valence electrons. The van der Waals surface area contributed by atoms with Crippen LogP contribution in [0.4, 0.5) is 0 Å².